The first kappa shape index (κ1) is 17.8. The van der Waals surface area contributed by atoms with Crippen LogP contribution in [-0.2, 0) is 4.79 Å². The molecule has 2 atom stereocenters. The highest BCUT2D eigenvalue weighted by Crippen LogP contribution is 2.24. The molecular formula is C18H22N4O4. The zero-order valence-electron chi connectivity index (χ0n) is 14.7. The number of aliphatic carboxylic acids is 1. The van der Waals surface area contributed by atoms with Gasteiger partial charge >= 0.3 is 12.0 Å². The van der Waals surface area contributed by atoms with Crippen molar-refractivity contribution < 1.29 is 19.5 Å². The predicted molar refractivity (Wildman–Crippen MR) is 97.2 cm³/mol. The molecule has 1 saturated heterocycles. The molecule has 8 heteroatoms. The molecule has 1 aliphatic rings. The number of urea groups is 1. The van der Waals surface area contributed by atoms with Gasteiger partial charge in [-0.2, -0.15) is 0 Å². The van der Waals surface area contributed by atoms with E-state index in [2.05, 4.69) is 15.6 Å². The number of piperidine rings is 1. The summed E-state index contributed by atoms with van der Waals surface area (Å²) in [6.07, 6.45) is 0.580. The lowest BCUT2D eigenvalue weighted by Gasteiger charge is -2.34. The summed E-state index contributed by atoms with van der Waals surface area (Å²) in [6, 6.07) is 6.71. The van der Waals surface area contributed by atoms with Crippen LogP contribution in [0.4, 0.5) is 10.5 Å². The molecule has 2 unspecified atom stereocenters. The molecule has 0 bridgehead atoms. The highest BCUT2D eigenvalue weighted by atomic mass is 16.4. The Balaban J connectivity index is 1.74. The van der Waals surface area contributed by atoms with Crippen LogP contribution in [0.1, 0.15) is 23.8 Å². The number of hydrogen-bond acceptors (Lipinski definition) is 3. The van der Waals surface area contributed by atoms with E-state index in [1.54, 1.807) is 36.2 Å². The van der Waals surface area contributed by atoms with E-state index >= 15 is 0 Å². The van der Waals surface area contributed by atoms with E-state index in [1.165, 1.54) is 0 Å². The average Bonchev–Trinajstić information content (AvgIpc) is 3.03. The highest BCUT2D eigenvalue weighted by Gasteiger charge is 2.31. The van der Waals surface area contributed by atoms with Gasteiger partial charge in [0.05, 0.1) is 5.92 Å². The van der Waals surface area contributed by atoms with Gasteiger partial charge in [0.1, 0.15) is 5.69 Å². The van der Waals surface area contributed by atoms with Crippen LogP contribution in [0.25, 0.3) is 10.9 Å². The molecule has 1 aromatic carbocycles. The number of aromatic nitrogens is 1. The minimum Gasteiger partial charge on any atom is -0.481 e. The number of amides is 3. The summed E-state index contributed by atoms with van der Waals surface area (Å²) < 4.78 is 0. The third kappa shape index (κ3) is 3.63. The lowest BCUT2D eigenvalue weighted by molar-refractivity contribution is -0.143. The molecule has 1 aromatic heterocycles. The number of anilines is 1. The van der Waals surface area contributed by atoms with Crippen LogP contribution in [0.2, 0.25) is 0 Å². The van der Waals surface area contributed by atoms with E-state index in [0.29, 0.717) is 24.3 Å². The van der Waals surface area contributed by atoms with Gasteiger partial charge in [-0.05, 0) is 36.6 Å². The van der Waals surface area contributed by atoms with E-state index in [1.807, 2.05) is 6.92 Å². The number of fused-ring (bicyclic) bond motifs is 1. The largest absolute Gasteiger partial charge is 0.481 e. The van der Waals surface area contributed by atoms with Crippen molar-refractivity contribution in [1.29, 1.82) is 0 Å². The number of aromatic amines is 1. The lowest BCUT2D eigenvalue weighted by Crippen LogP contribution is -2.47. The summed E-state index contributed by atoms with van der Waals surface area (Å²) >= 11 is 0. The van der Waals surface area contributed by atoms with Crippen molar-refractivity contribution in [1.82, 2.24) is 15.2 Å². The number of carboxylic acids is 1. The summed E-state index contributed by atoms with van der Waals surface area (Å²) in [5.41, 5.74) is 1.83. The summed E-state index contributed by atoms with van der Waals surface area (Å²) in [7, 11) is 1.56. The Bertz CT molecular complexity index is 860. The van der Waals surface area contributed by atoms with E-state index in [4.69, 9.17) is 0 Å². The number of nitrogens with zero attached hydrogens (tertiary/aromatic N) is 1. The van der Waals surface area contributed by atoms with Gasteiger partial charge in [0.25, 0.3) is 5.91 Å². The van der Waals surface area contributed by atoms with E-state index in [9.17, 15) is 19.5 Å². The lowest BCUT2D eigenvalue weighted by atomic mass is 9.91. The molecule has 4 N–H and O–H groups in total. The van der Waals surface area contributed by atoms with E-state index in [0.717, 1.165) is 10.9 Å². The Morgan fingerprint density at radius 1 is 1.23 bits per heavy atom. The van der Waals surface area contributed by atoms with Gasteiger partial charge < -0.3 is 25.6 Å². The van der Waals surface area contributed by atoms with Crippen molar-refractivity contribution in [3.63, 3.8) is 0 Å². The second-order valence-electron chi connectivity index (χ2n) is 6.78. The fraction of sp³-hybridized carbons (Fsp3) is 0.389. The van der Waals surface area contributed by atoms with Crippen LogP contribution in [0.3, 0.4) is 0 Å². The Kier molecular flexibility index (Phi) is 4.83. The maximum atomic E-state index is 12.5. The molecule has 1 fully saturated rings. The van der Waals surface area contributed by atoms with Gasteiger partial charge in [-0.1, -0.05) is 6.92 Å². The van der Waals surface area contributed by atoms with Gasteiger partial charge in [-0.25, -0.2) is 4.79 Å². The zero-order valence-corrected chi connectivity index (χ0v) is 14.7. The number of carbonyl (C=O) groups excluding carboxylic acids is 2. The summed E-state index contributed by atoms with van der Waals surface area (Å²) in [5.74, 6) is -1.48. The minimum absolute atomic E-state index is 0.137. The highest BCUT2D eigenvalue weighted by molar-refractivity contribution is 5.99. The molecule has 0 radical (unpaired) electrons. The molecule has 138 valence electrons. The standard InChI is InChI=1S/C18H22N4O4/c1-10-5-12(17(24)25)9-22(8-10)18(26)20-13-3-4-14-11(6-13)7-15(21-14)16(23)19-2/h3-4,6-7,10,12,21H,5,8-9H2,1-2H3,(H,19,23)(H,20,26)(H,24,25). The first-order valence-corrected chi connectivity index (χ1v) is 8.51. The fourth-order valence-corrected chi connectivity index (χ4v) is 3.37. The van der Waals surface area contributed by atoms with Gasteiger partial charge in [0.2, 0.25) is 0 Å². The average molecular weight is 358 g/mol. The predicted octanol–water partition coefficient (Wildman–Crippen LogP) is 2.10. The third-order valence-corrected chi connectivity index (χ3v) is 4.64. The first-order chi connectivity index (χ1) is 12.4. The van der Waals surface area contributed by atoms with Crippen molar-refractivity contribution in [2.75, 3.05) is 25.5 Å². The second kappa shape index (κ2) is 7.07. The number of benzene rings is 1. The van der Waals surface area contributed by atoms with Gasteiger partial charge in [0, 0.05) is 36.7 Å². The number of nitrogens with one attached hydrogen (secondary N) is 3. The van der Waals surface area contributed by atoms with Crippen molar-refractivity contribution in [3.8, 4) is 0 Å². The van der Waals surface area contributed by atoms with Crippen LogP contribution in [-0.4, -0.2) is 53.0 Å². The van der Waals surface area contributed by atoms with E-state index < -0.39 is 11.9 Å². The molecule has 8 nitrogen and oxygen atoms in total. The Hall–Kier alpha value is -3.03. The molecule has 2 heterocycles. The summed E-state index contributed by atoms with van der Waals surface area (Å²) in [5, 5.41) is 15.4. The number of carbonyl (C=O) groups is 3. The maximum Gasteiger partial charge on any atom is 0.321 e. The molecule has 0 aliphatic carbocycles. The quantitative estimate of drug-likeness (QED) is 0.672. The van der Waals surface area contributed by atoms with Crippen LogP contribution >= 0.6 is 0 Å². The molecule has 26 heavy (non-hydrogen) atoms. The van der Waals surface area contributed by atoms with Crippen molar-refractivity contribution in [2.24, 2.45) is 11.8 Å². The van der Waals surface area contributed by atoms with Crippen LogP contribution in [0.5, 0.6) is 0 Å². The Morgan fingerprint density at radius 3 is 2.69 bits per heavy atom. The molecule has 1 aliphatic heterocycles. The summed E-state index contributed by atoms with van der Waals surface area (Å²) in [4.78, 5) is 40.0. The maximum absolute atomic E-state index is 12.5. The Morgan fingerprint density at radius 2 is 2.00 bits per heavy atom. The van der Waals surface area contributed by atoms with Crippen molar-refractivity contribution >= 4 is 34.5 Å². The van der Waals surface area contributed by atoms with E-state index in [-0.39, 0.29) is 24.4 Å². The molecular weight excluding hydrogens is 336 g/mol. The number of hydrogen-bond donors (Lipinski definition) is 4. The van der Waals surface area contributed by atoms with Gasteiger partial charge in [-0.15, -0.1) is 0 Å². The fourth-order valence-electron chi connectivity index (χ4n) is 3.37. The minimum atomic E-state index is -0.871. The van der Waals surface area contributed by atoms with Crippen LogP contribution < -0.4 is 10.6 Å². The first-order valence-electron chi connectivity index (χ1n) is 8.51. The van der Waals surface area contributed by atoms with Crippen molar-refractivity contribution in [3.05, 3.63) is 30.0 Å². The molecule has 2 aromatic rings. The molecule has 0 spiro atoms. The zero-order chi connectivity index (χ0) is 18.8. The Labute approximate surface area is 150 Å². The SMILES string of the molecule is CNC(=O)c1cc2cc(NC(=O)N3CC(C)CC(C(=O)O)C3)ccc2[nH]1. The summed E-state index contributed by atoms with van der Waals surface area (Å²) in [6.45, 7) is 2.68. The normalized spacial score (nSPS) is 20.0. The third-order valence-electron chi connectivity index (χ3n) is 4.64. The van der Waals surface area contributed by atoms with Crippen LogP contribution in [0.15, 0.2) is 24.3 Å². The number of H-pyrrole nitrogens is 1. The number of rotatable bonds is 3. The number of carboxylic acid groups (broad SMARTS) is 1. The van der Waals surface area contributed by atoms with Gasteiger partial charge in [-0.3, -0.25) is 9.59 Å². The smallest absolute Gasteiger partial charge is 0.321 e. The van der Waals surface area contributed by atoms with Crippen LogP contribution in [0, 0.1) is 11.8 Å². The topological polar surface area (TPSA) is 115 Å². The molecule has 0 saturated carbocycles. The molecule has 3 amide bonds. The number of likely N-dealkylation sites (tertiary alicyclic amines) is 1. The monoisotopic (exact) mass is 358 g/mol. The van der Waals surface area contributed by atoms with Crippen molar-refractivity contribution in [2.45, 2.75) is 13.3 Å². The second-order valence-corrected chi connectivity index (χ2v) is 6.78. The molecule has 3 rings (SSSR count). The van der Waals surface area contributed by atoms with Gasteiger partial charge in [0.15, 0.2) is 0 Å².